The van der Waals surface area contributed by atoms with Crippen LogP contribution in [0.25, 0.3) is 0 Å². The maximum atomic E-state index is 12.5. The predicted molar refractivity (Wildman–Crippen MR) is 251 cm³/mol. The van der Waals surface area contributed by atoms with Crippen molar-refractivity contribution in [3.8, 4) is 0 Å². The molecule has 0 rings (SSSR count). The van der Waals surface area contributed by atoms with Gasteiger partial charge in [-0.05, 0) is 51.4 Å². The van der Waals surface area contributed by atoms with Gasteiger partial charge in [0.15, 0.2) is 0 Å². The van der Waals surface area contributed by atoms with Gasteiger partial charge in [-0.3, -0.25) is 4.79 Å². The second-order valence-electron chi connectivity index (χ2n) is 17.9. The third-order valence-corrected chi connectivity index (χ3v) is 12.1. The fourth-order valence-corrected chi connectivity index (χ4v) is 8.07. The Labute approximate surface area is 361 Å². The lowest BCUT2D eigenvalue weighted by Crippen LogP contribution is -2.53. The first-order valence-corrected chi connectivity index (χ1v) is 25.7. The molecule has 0 aliphatic rings. The highest BCUT2D eigenvalue weighted by Gasteiger charge is 2.28. The second kappa shape index (κ2) is 46.8. The molecule has 0 saturated carbocycles. The zero-order valence-electron chi connectivity index (χ0n) is 38.8. The summed E-state index contributed by atoms with van der Waals surface area (Å²) in [7, 11) is 0. The molecule has 0 aliphatic heterocycles. The number of carbonyl (C=O) groups excluding carboxylic acids is 1. The minimum Gasteiger partial charge on any atom is -0.394 e. The van der Waals surface area contributed by atoms with Crippen molar-refractivity contribution >= 4 is 5.91 Å². The van der Waals surface area contributed by atoms with Crippen molar-refractivity contribution in [2.24, 2.45) is 0 Å². The highest BCUT2D eigenvalue weighted by molar-refractivity contribution is 5.80. The molecule has 0 fully saturated rings. The summed E-state index contributed by atoms with van der Waals surface area (Å²) >= 11 is 0. The summed E-state index contributed by atoms with van der Waals surface area (Å²) in [5.41, 5.74) is 0. The fourth-order valence-electron chi connectivity index (χ4n) is 8.07. The number of rotatable bonds is 47. The molecule has 5 N–H and O–H groups in total. The van der Waals surface area contributed by atoms with Crippen molar-refractivity contribution in [1.82, 2.24) is 5.32 Å². The van der Waals surface area contributed by atoms with Crippen LogP contribution in [-0.2, 0) is 4.79 Å². The molecule has 0 spiro atoms. The number of nitrogens with one attached hydrogen (secondary N) is 1. The van der Waals surface area contributed by atoms with Crippen molar-refractivity contribution in [3.05, 3.63) is 24.3 Å². The molecule has 1 amide bonds. The minimum atomic E-state index is -1.29. The Bertz CT molecular complexity index is 878. The lowest BCUT2D eigenvalue weighted by Gasteiger charge is -2.27. The standard InChI is InChI=1S/C52H101NO5/c1-3-5-7-9-11-13-15-17-18-19-20-21-22-23-24-25-26-27-28-29-30-31-32-34-36-38-40-42-44-46-50(56)52(58)53-48(47-54)51(57)49(55)45-43-41-39-37-35-33-16-14-12-10-8-6-4-2/h14,16,37,39,48-51,54-57H,3-13,15,17-36,38,40-47H2,1-2H3,(H,53,58)/b16-14+,39-37+. The van der Waals surface area contributed by atoms with E-state index < -0.39 is 36.9 Å². The number of unbranched alkanes of at least 4 members (excludes halogenated alkanes) is 34. The van der Waals surface area contributed by atoms with Crippen molar-refractivity contribution in [3.63, 3.8) is 0 Å². The highest BCUT2D eigenvalue weighted by Crippen LogP contribution is 2.17. The zero-order chi connectivity index (χ0) is 42.4. The van der Waals surface area contributed by atoms with Crippen molar-refractivity contribution < 1.29 is 25.2 Å². The van der Waals surface area contributed by atoms with Crippen LogP contribution in [0.5, 0.6) is 0 Å². The lowest BCUT2D eigenvalue weighted by molar-refractivity contribution is -0.132. The number of amides is 1. The number of allylic oxidation sites excluding steroid dienone is 4. The SMILES string of the molecule is CCCCCC/C=C/CC/C=C/CCCC(O)C(O)C(CO)NC(=O)C(O)CCCCCCCCCCCCCCCCCCCCCCCCCCCCCCC. The molecule has 0 bridgehead atoms. The van der Waals surface area contributed by atoms with Gasteiger partial charge in [0.2, 0.25) is 5.91 Å². The van der Waals surface area contributed by atoms with E-state index in [1.165, 1.54) is 193 Å². The Morgan fingerprint density at radius 3 is 1.09 bits per heavy atom. The van der Waals surface area contributed by atoms with Crippen molar-refractivity contribution in [2.75, 3.05) is 6.61 Å². The zero-order valence-corrected chi connectivity index (χ0v) is 38.8. The van der Waals surface area contributed by atoms with Gasteiger partial charge in [-0.25, -0.2) is 0 Å². The highest BCUT2D eigenvalue weighted by atomic mass is 16.3. The number of carbonyl (C=O) groups is 1. The van der Waals surface area contributed by atoms with Crippen LogP contribution in [0.15, 0.2) is 24.3 Å². The second-order valence-corrected chi connectivity index (χ2v) is 17.9. The monoisotopic (exact) mass is 820 g/mol. The summed E-state index contributed by atoms with van der Waals surface area (Å²) in [6, 6.07) is -1.00. The number of aliphatic hydroxyl groups is 4. The molecule has 4 unspecified atom stereocenters. The summed E-state index contributed by atoms with van der Waals surface area (Å²) in [6.07, 6.45) is 55.3. The minimum absolute atomic E-state index is 0.364. The molecule has 0 aromatic carbocycles. The Kier molecular flexibility index (Phi) is 45.9. The van der Waals surface area contributed by atoms with E-state index in [2.05, 4.69) is 43.5 Å². The Morgan fingerprint density at radius 1 is 0.414 bits per heavy atom. The molecule has 0 heterocycles. The van der Waals surface area contributed by atoms with Gasteiger partial charge in [0.1, 0.15) is 12.2 Å². The van der Waals surface area contributed by atoms with E-state index >= 15 is 0 Å². The normalized spacial score (nSPS) is 14.1. The topological polar surface area (TPSA) is 110 Å². The number of hydrogen-bond donors (Lipinski definition) is 5. The van der Waals surface area contributed by atoms with Gasteiger partial charge >= 0.3 is 0 Å². The van der Waals surface area contributed by atoms with Gasteiger partial charge < -0.3 is 25.7 Å². The molecule has 6 heteroatoms. The van der Waals surface area contributed by atoms with E-state index in [9.17, 15) is 25.2 Å². The van der Waals surface area contributed by atoms with Crippen LogP contribution in [0.2, 0.25) is 0 Å². The lowest BCUT2D eigenvalue weighted by atomic mass is 10.00. The molecule has 344 valence electrons. The molecule has 0 saturated heterocycles. The molecule has 0 aliphatic carbocycles. The first kappa shape index (κ1) is 56.8. The molecule has 58 heavy (non-hydrogen) atoms. The first-order chi connectivity index (χ1) is 28.5. The Balaban J connectivity index is 3.59. The van der Waals surface area contributed by atoms with Crippen LogP contribution in [-0.4, -0.2) is 57.3 Å². The van der Waals surface area contributed by atoms with Gasteiger partial charge in [-0.15, -0.1) is 0 Å². The predicted octanol–water partition coefficient (Wildman–Crippen LogP) is 14.3. The average Bonchev–Trinajstić information content (AvgIpc) is 3.23. The number of aliphatic hydroxyl groups excluding tert-OH is 4. The summed E-state index contributed by atoms with van der Waals surface area (Å²) in [6.45, 7) is 4.03. The summed E-state index contributed by atoms with van der Waals surface area (Å²) in [4.78, 5) is 12.5. The van der Waals surface area contributed by atoms with Crippen LogP contribution in [0.1, 0.15) is 271 Å². The van der Waals surface area contributed by atoms with Gasteiger partial charge in [-0.2, -0.15) is 0 Å². The molecule has 0 radical (unpaired) electrons. The van der Waals surface area contributed by atoms with Crippen LogP contribution < -0.4 is 5.32 Å². The molecule has 0 aromatic heterocycles. The van der Waals surface area contributed by atoms with Gasteiger partial charge in [0.25, 0.3) is 0 Å². The van der Waals surface area contributed by atoms with Crippen LogP contribution in [0, 0.1) is 0 Å². The largest absolute Gasteiger partial charge is 0.394 e. The molecule has 6 nitrogen and oxygen atoms in total. The first-order valence-electron chi connectivity index (χ1n) is 25.7. The van der Waals surface area contributed by atoms with E-state index in [4.69, 9.17) is 0 Å². The molecule has 0 aromatic rings. The van der Waals surface area contributed by atoms with E-state index in [-0.39, 0.29) is 0 Å². The van der Waals surface area contributed by atoms with Crippen LogP contribution >= 0.6 is 0 Å². The summed E-state index contributed by atoms with van der Waals surface area (Å²) < 4.78 is 0. The summed E-state index contributed by atoms with van der Waals surface area (Å²) in [5.74, 6) is -0.594. The van der Waals surface area contributed by atoms with Crippen molar-refractivity contribution in [1.29, 1.82) is 0 Å². The maximum Gasteiger partial charge on any atom is 0.249 e. The van der Waals surface area contributed by atoms with Gasteiger partial charge in [0.05, 0.1) is 18.8 Å². The quantitative estimate of drug-likeness (QED) is 0.0310. The van der Waals surface area contributed by atoms with Gasteiger partial charge in [0, 0.05) is 0 Å². The van der Waals surface area contributed by atoms with E-state index in [1.807, 2.05) is 0 Å². The average molecular weight is 820 g/mol. The molecule has 4 atom stereocenters. The fraction of sp³-hybridized carbons (Fsp3) is 0.904. The number of hydrogen-bond acceptors (Lipinski definition) is 5. The smallest absolute Gasteiger partial charge is 0.249 e. The van der Waals surface area contributed by atoms with Crippen LogP contribution in [0.4, 0.5) is 0 Å². The van der Waals surface area contributed by atoms with E-state index in [0.29, 0.717) is 19.3 Å². The van der Waals surface area contributed by atoms with Crippen molar-refractivity contribution in [2.45, 2.75) is 295 Å². The van der Waals surface area contributed by atoms with Crippen LogP contribution in [0.3, 0.4) is 0 Å². The van der Waals surface area contributed by atoms with E-state index in [0.717, 1.165) is 44.9 Å². The third-order valence-electron chi connectivity index (χ3n) is 12.1. The molecular formula is C52H101NO5. The third kappa shape index (κ3) is 40.2. The summed E-state index contributed by atoms with van der Waals surface area (Å²) in [5, 5.41) is 43.7. The molecular weight excluding hydrogens is 719 g/mol. The van der Waals surface area contributed by atoms with Gasteiger partial charge in [-0.1, -0.05) is 244 Å². The maximum absolute atomic E-state index is 12.5. The Hall–Kier alpha value is -1.21. The Morgan fingerprint density at radius 2 is 0.724 bits per heavy atom. The van der Waals surface area contributed by atoms with E-state index in [1.54, 1.807) is 0 Å².